The molecule has 246 valence electrons. The van der Waals surface area contributed by atoms with E-state index in [-0.39, 0.29) is 85.0 Å². The maximum absolute atomic E-state index is 15.5. The molecule has 0 bridgehead atoms. The Bertz CT molecular complexity index is 1420. The van der Waals surface area contributed by atoms with E-state index in [9.17, 15) is 9.59 Å². The standard InChI is InChI=1S/C33H42FN3O7.BrH/c1-6-41-26-18-22-19-37(32(36)28(22)29(34)31(26)42-7-2)20-24(38)21-16-23(33(3,4)5)30(44-15-11-9-13-35)25(17-21)43-14-10-8-12-27(39)40;/h16-18,36H,6-12,14-15,19-20H2,1-5H3,(H,39,40);1H. The van der Waals surface area contributed by atoms with E-state index < -0.39 is 17.2 Å². The average molecular weight is 693 g/mol. The summed E-state index contributed by atoms with van der Waals surface area (Å²) < 4.78 is 38.8. The summed E-state index contributed by atoms with van der Waals surface area (Å²) in [6.07, 6.45) is 1.79. The van der Waals surface area contributed by atoms with Gasteiger partial charge in [0.2, 0.25) is 0 Å². The normalized spacial score (nSPS) is 12.2. The Morgan fingerprint density at radius 3 is 2.29 bits per heavy atom. The number of ether oxygens (including phenoxy) is 4. The molecule has 0 amide bonds. The fraction of sp³-hybridized carbons (Fsp3) is 0.515. The summed E-state index contributed by atoms with van der Waals surface area (Å²) in [4.78, 5) is 26.2. The summed E-state index contributed by atoms with van der Waals surface area (Å²) in [6, 6.07) is 7.12. The number of Topliss-reactive ketones (excluding diaryl/α,β-unsaturated/α-hetero) is 1. The van der Waals surface area contributed by atoms with Crippen molar-refractivity contribution in [3.05, 3.63) is 46.3 Å². The number of carbonyl (C=O) groups is 2. The van der Waals surface area contributed by atoms with E-state index in [1.54, 1.807) is 32.0 Å². The van der Waals surface area contributed by atoms with Gasteiger partial charge in [-0.05, 0) is 62.3 Å². The summed E-state index contributed by atoms with van der Waals surface area (Å²) in [5, 5.41) is 26.6. The van der Waals surface area contributed by atoms with Gasteiger partial charge in [0.25, 0.3) is 0 Å². The van der Waals surface area contributed by atoms with Crippen LogP contribution in [0.15, 0.2) is 18.2 Å². The number of carboxylic acids is 1. The molecule has 1 heterocycles. The number of unbranched alkanes of at least 4 members (excludes halogenated alkanes) is 2. The van der Waals surface area contributed by atoms with E-state index in [0.717, 1.165) is 5.56 Å². The first-order valence-electron chi connectivity index (χ1n) is 14.9. The molecule has 0 saturated heterocycles. The minimum Gasteiger partial charge on any atom is -0.490 e. The molecule has 2 aromatic carbocycles. The minimum atomic E-state index is -0.883. The van der Waals surface area contributed by atoms with Crippen LogP contribution in [0.4, 0.5) is 4.39 Å². The van der Waals surface area contributed by atoms with Crippen molar-refractivity contribution in [1.82, 2.24) is 4.90 Å². The van der Waals surface area contributed by atoms with Crippen LogP contribution in [0.5, 0.6) is 23.0 Å². The molecular weight excluding hydrogens is 649 g/mol. The lowest BCUT2D eigenvalue weighted by molar-refractivity contribution is -0.137. The van der Waals surface area contributed by atoms with Gasteiger partial charge in [-0.25, -0.2) is 4.39 Å². The number of benzene rings is 2. The van der Waals surface area contributed by atoms with Crippen molar-refractivity contribution in [2.75, 3.05) is 33.0 Å². The Morgan fingerprint density at radius 1 is 1.00 bits per heavy atom. The van der Waals surface area contributed by atoms with Gasteiger partial charge in [0.15, 0.2) is 34.6 Å². The molecule has 0 spiro atoms. The smallest absolute Gasteiger partial charge is 0.303 e. The summed E-state index contributed by atoms with van der Waals surface area (Å²) >= 11 is 0. The molecule has 1 aliphatic rings. The van der Waals surface area contributed by atoms with E-state index in [1.165, 1.54) is 4.90 Å². The maximum Gasteiger partial charge on any atom is 0.303 e. The molecule has 2 N–H and O–H groups in total. The van der Waals surface area contributed by atoms with Crippen molar-refractivity contribution in [1.29, 1.82) is 10.7 Å². The predicted octanol–water partition coefficient (Wildman–Crippen LogP) is 6.84. The highest BCUT2D eigenvalue weighted by Gasteiger charge is 2.34. The highest BCUT2D eigenvalue weighted by atomic mass is 79.9. The van der Waals surface area contributed by atoms with Crippen LogP contribution in [0.2, 0.25) is 0 Å². The predicted molar refractivity (Wildman–Crippen MR) is 173 cm³/mol. The molecule has 10 nitrogen and oxygen atoms in total. The number of halogens is 2. The zero-order chi connectivity index (χ0) is 32.4. The van der Waals surface area contributed by atoms with Gasteiger partial charge in [-0.15, -0.1) is 17.0 Å². The number of fused-ring (bicyclic) bond motifs is 1. The average Bonchev–Trinajstić information content (AvgIpc) is 3.26. The largest absolute Gasteiger partial charge is 0.490 e. The minimum absolute atomic E-state index is 0. The first-order valence-corrected chi connectivity index (χ1v) is 14.9. The number of nitrogens with one attached hydrogen (secondary N) is 1. The lowest BCUT2D eigenvalue weighted by atomic mass is 9.84. The Kier molecular flexibility index (Phi) is 14.1. The number of amidine groups is 1. The molecule has 0 unspecified atom stereocenters. The molecule has 12 heteroatoms. The monoisotopic (exact) mass is 691 g/mol. The van der Waals surface area contributed by atoms with E-state index >= 15 is 4.39 Å². The summed E-state index contributed by atoms with van der Waals surface area (Å²) in [6.45, 7) is 10.5. The highest BCUT2D eigenvalue weighted by molar-refractivity contribution is 8.93. The lowest BCUT2D eigenvalue weighted by Crippen LogP contribution is -2.30. The zero-order valence-electron chi connectivity index (χ0n) is 26.6. The van der Waals surface area contributed by atoms with Crippen LogP contribution in [0.1, 0.15) is 93.8 Å². The third-order valence-electron chi connectivity index (χ3n) is 7.01. The Hall–Kier alpha value is -3.85. The number of hydrogen-bond donors (Lipinski definition) is 2. The van der Waals surface area contributed by atoms with Gasteiger partial charge < -0.3 is 29.0 Å². The molecule has 0 fully saturated rings. The van der Waals surface area contributed by atoms with Crippen molar-refractivity contribution in [3.63, 3.8) is 0 Å². The number of carbonyl (C=O) groups excluding carboxylic acids is 1. The number of nitrogens with zero attached hydrogens (tertiary/aromatic N) is 2. The first kappa shape index (κ1) is 37.3. The van der Waals surface area contributed by atoms with E-state index in [4.69, 9.17) is 34.7 Å². The van der Waals surface area contributed by atoms with Crippen LogP contribution in [0.3, 0.4) is 0 Å². The Balaban J connectivity index is 0.00000705. The maximum atomic E-state index is 15.5. The summed E-state index contributed by atoms with van der Waals surface area (Å²) in [5.74, 6) is -0.935. The van der Waals surface area contributed by atoms with Crippen LogP contribution >= 0.6 is 17.0 Å². The van der Waals surface area contributed by atoms with Gasteiger partial charge in [0.05, 0.1) is 44.6 Å². The number of hydrogen-bond acceptors (Lipinski definition) is 8. The van der Waals surface area contributed by atoms with Crippen LogP contribution in [-0.4, -0.2) is 60.6 Å². The second kappa shape index (κ2) is 17.0. The fourth-order valence-electron chi connectivity index (χ4n) is 4.89. The van der Waals surface area contributed by atoms with Crippen LogP contribution in [0, 0.1) is 22.6 Å². The van der Waals surface area contributed by atoms with Crippen LogP contribution < -0.4 is 18.9 Å². The lowest BCUT2D eigenvalue weighted by Gasteiger charge is -2.26. The van der Waals surface area contributed by atoms with Gasteiger partial charge in [-0.3, -0.25) is 15.0 Å². The Labute approximate surface area is 274 Å². The number of nitriles is 1. The molecule has 1 aliphatic heterocycles. The SMILES string of the molecule is Br.CCOc1cc2c(c(F)c1OCC)C(=N)N(CC(=O)c1cc(OCCCCC(=O)O)c(OCCCC#N)c(C(C)(C)C)c1)C2. The zero-order valence-corrected chi connectivity index (χ0v) is 28.3. The van der Waals surface area contributed by atoms with Crippen molar-refractivity contribution in [2.24, 2.45) is 0 Å². The van der Waals surface area contributed by atoms with Gasteiger partial charge in [0.1, 0.15) is 5.84 Å². The number of carboxylic acid groups (broad SMARTS) is 1. The van der Waals surface area contributed by atoms with Gasteiger partial charge in [-0.1, -0.05) is 20.8 Å². The number of aliphatic carboxylic acids is 1. The first-order chi connectivity index (χ1) is 20.9. The second-order valence-corrected chi connectivity index (χ2v) is 11.5. The topological polar surface area (TPSA) is 142 Å². The fourth-order valence-corrected chi connectivity index (χ4v) is 4.89. The van der Waals surface area contributed by atoms with Gasteiger partial charge in [0, 0.05) is 30.5 Å². The number of ketones is 1. The third-order valence-corrected chi connectivity index (χ3v) is 7.01. The van der Waals surface area contributed by atoms with E-state index in [1.807, 2.05) is 20.8 Å². The molecular formula is C33H43BrFN3O7. The van der Waals surface area contributed by atoms with Crippen molar-refractivity contribution in [2.45, 2.75) is 78.7 Å². The highest BCUT2D eigenvalue weighted by Crippen LogP contribution is 2.42. The molecule has 3 rings (SSSR count). The van der Waals surface area contributed by atoms with Crippen molar-refractivity contribution in [3.8, 4) is 29.1 Å². The van der Waals surface area contributed by atoms with Crippen molar-refractivity contribution < 1.29 is 38.0 Å². The van der Waals surface area contributed by atoms with Gasteiger partial charge in [-0.2, -0.15) is 5.26 Å². The molecule has 45 heavy (non-hydrogen) atoms. The molecule has 0 radical (unpaired) electrons. The molecule has 0 aromatic heterocycles. The number of rotatable bonds is 17. The van der Waals surface area contributed by atoms with E-state index in [0.29, 0.717) is 54.9 Å². The van der Waals surface area contributed by atoms with Crippen LogP contribution in [-0.2, 0) is 16.8 Å². The van der Waals surface area contributed by atoms with Crippen LogP contribution in [0.25, 0.3) is 0 Å². The molecule has 0 aliphatic carbocycles. The summed E-state index contributed by atoms with van der Waals surface area (Å²) in [5.41, 5.74) is 1.25. The van der Waals surface area contributed by atoms with Crippen molar-refractivity contribution >= 4 is 34.6 Å². The Morgan fingerprint density at radius 2 is 1.67 bits per heavy atom. The molecule has 2 aromatic rings. The molecule has 0 saturated carbocycles. The van der Waals surface area contributed by atoms with Gasteiger partial charge >= 0.3 is 5.97 Å². The second-order valence-electron chi connectivity index (χ2n) is 11.5. The molecule has 0 atom stereocenters. The van der Waals surface area contributed by atoms with E-state index in [2.05, 4.69) is 6.07 Å². The quantitative estimate of drug-likeness (QED) is 0.135. The third kappa shape index (κ3) is 9.57. The summed E-state index contributed by atoms with van der Waals surface area (Å²) in [7, 11) is 0.